The lowest BCUT2D eigenvalue weighted by atomic mass is 9.86. The van der Waals surface area contributed by atoms with Crippen LogP contribution in [0, 0.1) is 0 Å². The molecule has 82 heavy (non-hydrogen) atoms. The van der Waals surface area contributed by atoms with E-state index in [1.54, 1.807) is 0 Å². The van der Waals surface area contributed by atoms with Crippen molar-refractivity contribution in [3.63, 3.8) is 0 Å². The molecule has 0 atom stereocenters. The van der Waals surface area contributed by atoms with Crippen molar-refractivity contribution < 1.29 is 22.5 Å². The largest absolute Gasteiger partial charge is 0.455 e. The fourth-order valence-corrected chi connectivity index (χ4v) is 12.6. The number of fused-ring (bicyclic) bond motifs is 11. The fraction of sp³-hybridized carbons (Fsp3) is 0. The molecule has 0 spiro atoms. The molecule has 0 aliphatic rings. The second-order valence-corrected chi connectivity index (χ2v) is 20.6. The van der Waals surface area contributed by atoms with Crippen LogP contribution in [0.1, 0.15) is 13.7 Å². The molecular formula is C80H50O2. The van der Waals surface area contributed by atoms with Crippen LogP contribution in [0.4, 0.5) is 0 Å². The van der Waals surface area contributed by atoms with Gasteiger partial charge in [0.1, 0.15) is 22.3 Å². The zero-order valence-electron chi connectivity index (χ0n) is 53.9. The maximum absolute atomic E-state index is 8.83. The SMILES string of the molecule is [2H]c1c([2H])c([2H])c(-c2c3ccccc3c(-c3ccc4oc5c(-c6cccc7ccccc67)cccc5c4c3)c3ccccc23)c([2H])c1[2H].[2H]c1c([2H])c([2H])c(-c2c3ccccc3c(-c3ccc4oc5c(-c6ccccc6)cccc5c4c3)c3ccccc23)c([2H])c1[2H]. The number of hydrogen-bond acceptors (Lipinski definition) is 2. The summed E-state index contributed by atoms with van der Waals surface area (Å²) in [4.78, 5) is 0. The van der Waals surface area contributed by atoms with Crippen molar-refractivity contribution in [2.24, 2.45) is 0 Å². The van der Waals surface area contributed by atoms with E-state index in [1.807, 2.05) is 127 Å². The van der Waals surface area contributed by atoms with E-state index < -0.39 is 12.1 Å². The minimum Gasteiger partial charge on any atom is -0.455 e. The number of furan rings is 2. The topological polar surface area (TPSA) is 26.3 Å². The average Bonchev–Trinajstić information content (AvgIpc) is 0.738. The van der Waals surface area contributed by atoms with Gasteiger partial charge in [0.05, 0.1) is 13.7 Å². The van der Waals surface area contributed by atoms with Crippen LogP contribution in [-0.2, 0) is 0 Å². The highest BCUT2D eigenvalue weighted by Crippen LogP contribution is 2.48. The van der Waals surface area contributed by atoms with Gasteiger partial charge in [-0.2, -0.15) is 0 Å². The van der Waals surface area contributed by atoms with Crippen LogP contribution in [0.15, 0.2) is 312 Å². The zero-order chi connectivity index (χ0) is 62.8. The van der Waals surface area contributed by atoms with Crippen LogP contribution >= 0.6 is 0 Å². The first-order valence-electron chi connectivity index (χ1n) is 32.3. The molecule has 2 aromatic heterocycles. The molecule has 0 amide bonds. The Balaban J connectivity index is 0.000000147. The van der Waals surface area contributed by atoms with E-state index in [2.05, 4.69) is 115 Å². The molecule has 0 bridgehead atoms. The monoisotopic (exact) mass is 1050 g/mol. The lowest BCUT2D eigenvalue weighted by Crippen LogP contribution is -1.90. The Morgan fingerprint density at radius 2 is 0.561 bits per heavy atom. The highest BCUT2D eigenvalue weighted by atomic mass is 16.3. The third-order valence-corrected chi connectivity index (χ3v) is 16.1. The molecule has 0 saturated heterocycles. The van der Waals surface area contributed by atoms with Crippen molar-refractivity contribution in [1.29, 1.82) is 0 Å². The van der Waals surface area contributed by atoms with Crippen molar-refractivity contribution >= 4 is 97.7 Å². The quantitative estimate of drug-likeness (QED) is 0.155. The van der Waals surface area contributed by atoms with Gasteiger partial charge in [-0.25, -0.2) is 0 Å². The van der Waals surface area contributed by atoms with E-state index in [-0.39, 0.29) is 59.5 Å². The summed E-state index contributed by atoms with van der Waals surface area (Å²) < 4.78 is 98.1. The Bertz CT molecular complexity index is 5790. The van der Waals surface area contributed by atoms with E-state index in [0.717, 1.165) is 131 Å². The Morgan fingerprint density at radius 1 is 0.220 bits per heavy atom. The molecule has 0 fully saturated rings. The van der Waals surface area contributed by atoms with Crippen LogP contribution in [0.2, 0.25) is 0 Å². The molecule has 0 aliphatic heterocycles. The maximum Gasteiger partial charge on any atom is 0.143 e. The summed E-state index contributed by atoms with van der Waals surface area (Å²) in [6.45, 7) is 0. The zero-order valence-corrected chi connectivity index (χ0v) is 43.9. The summed E-state index contributed by atoms with van der Waals surface area (Å²) in [5, 5.41) is 13.5. The molecular weight excluding hydrogens is 993 g/mol. The van der Waals surface area contributed by atoms with Gasteiger partial charge in [0.15, 0.2) is 0 Å². The predicted molar refractivity (Wildman–Crippen MR) is 348 cm³/mol. The molecule has 2 heteroatoms. The van der Waals surface area contributed by atoms with Gasteiger partial charge in [-0.05, 0) is 134 Å². The summed E-state index contributed by atoms with van der Waals surface area (Å²) in [5.41, 5.74) is 13.3. The van der Waals surface area contributed by atoms with E-state index in [4.69, 9.17) is 22.5 Å². The number of benzene rings is 15. The van der Waals surface area contributed by atoms with Crippen LogP contribution in [0.3, 0.4) is 0 Å². The van der Waals surface area contributed by atoms with Crippen molar-refractivity contribution in [3.05, 3.63) is 303 Å². The average molecular weight is 1050 g/mol. The summed E-state index contributed by atoms with van der Waals surface area (Å²) in [6.07, 6.45) is 0. The minimum absolute atomic E-state index is 0.206. The Kier molecular flexibility index (Phi) is 9.03. The first kappa shape index (κ1) is 37.9. The maximum atomic E-state index is 8.83. The van der Waals surface area contributed by atoms with Gasteiger partial charge in [-0.15, -0.1) is 0 Å². The summed E-state index contributed by atoms with van der Waals surface area (Å²) in [6, 6.07) is 78.8. The van der Waals surface area contributed by atoms with Gasteiger partial charge < -0.3 is 8.83 Å². The lowest BCUT2D eigenvalue weighted by Gasteiger charge is -2.17. The highest BCUT2D eigenvalue weighted by molar-refractivity contribution is 6.24. The number of rotatable bonds is 6. The minimum atomic E-state index is -0.400. The van der Waals surface area contributed by atoms with E-state index in [1.165, 1.54) is 10.8 Å². The third kappa shape index (κ3) is 7.72. The molecule has 0 aliphatic carbocycles. The second-order valence-electron chi connectivity index (χ2n) is 20.6. The van der Waals surface area contributed by atoms with Crippen LogP contribution in [0.5, 0.6) is 0 Å². The van der Waals surface area contributed by atoms with Gasteiger partial charge in [0, 0.05) is 32.7 Å². The number of para-hydroxylation sites is 2. The smallest absolute Gasteiger partial charge is 0.143 e. The van der Waals surface area contributed by atoms with E-state index in [0.29, 0.717) is 11.1 Å². The second kappa shape index (κ2) is 19.5. The lowest BCUT2D eigenvalue weighted by molar-refractivity contribution is 0.669. The Morgan fingerprint density at radius 3 is 1.02 bits per heavy atom. The van der Waals surface area contributed by atoms with Gasteiger partial charge in [0.2, 0.25) is 0 Å². The van der Waals surface area contributed by atoms with E-state index in [9.17, 15) is 0 Å². The summed E-state index contributed by atoms with van der Waals surface area (Å²) in [7, 11) is 0. The standard InChI is InChI=1S/C42H26O.C38H24O/c1-2-13-28(14-3-1)40-32-17-6-8-19-34(32)41(35-20-9-7-18-33(35)40)29-24-25-39-38(26-29)37-23-11-22-36(42(37)43-39)31-21-10-15-27-12-4-5-16-30(27)31;1-3-12-25(13-4-1)28-20-11-21-33-34-24-27(22-23-35(34)39-38(28)33)37-31-18-9-7-16-29(31)36(26-14-5-2-6-15-26)30-17-8-10-19-32(30)37/h1-26H;1-24H/i1D,2D,3D,13D,14D;2D,5D,6D,14D,15D. The molecule has 17 rings (SSSR count). The van der Waals surface area contributed by atoms with Gasteiger partial charge in [-0.3, -0.25) is 0 Å². The van der Waals surface area contributed by atoms with Gasteiger partial charge in [-0.1, -0.05) is 279 Å². The highest BCUT2D eigenvalue weighted by Gasteiger charge is 2.21. The first-order valence-corrected chi connectivity index (χ1v) is 27.3. The van der Waals surface area contributed by atoms with Gasteiger partial charge in [0.25, 0.3) is 0 Å². The third-order valence-electron chi connectivity index (χ3n) is 16.1. The van der Waals surface area contributed by atoms with Gasteiger partial charge >= 0.3 is 0 Å². The van der Waals surface area contributed by atoms with Crippen molar-refractivity contribution in [2.75, 3.05) is 0 Å². The summed E-state index contributed by atoms with van der Waals surface area (Å²) in [5.74, 6) is 0. The molecule has 2 heterocycles. The molecule has 15 aromatic carbocycles. The molecule has 382 valence electrons. The number of hydrogen-bond donors (Lipinski definition) is 0. The Hall–Kier alpha value is -10.8. The van der Waals surface area contributed by atoms with Crippen LogP contribution in [0.25, 0.3) is 165 Å². The van der Waals surface area contributed by atoms with Crippen molar-refractivity contribution in [1.82, 2.24) is 0 Å². The van der Waals surface area contributed by atoms with E-state index >= 15 is 0 Å². The first-order chi connectivity index (χ1) is 44.9. The Labute approximate surface area is 488 Å². The molecule has 0 saturated carbocycles. The fourth-order valence-electron chi connectivity index (χ4n) is 12.6. The van der Waals surface area contributed by atoms with Crippen molar-refractivity contribution in [2.45, 2.75) is 0 Å². The van der Waals surface area contributed by atoms with Crippen LogP contribution in [-0.4, -0.2) is 0 Å². The molecule has 0 unspecified atom stereocenters. The summed E-state index contributed by atoms with van der Waals surface area (Å²) >= 11 is 0. The van der Waals surface area contributed by atoms with Crippen molar-refractivity contribution in [3.8, 4) is 66.8 Å². The normalized spacial score (nSPS) is 13.4. The molecule has 0 radical (unpaired) electrons. The molecule has 17 aromatic rings. The predicted octanol–water partition coefficient (Wildman–Crippen LogP) is 22.9. The molecule has 2 nitrogen and oxygen atoms in total. The molecule has 0 N–H and O–H groups in total. The van der Waals surface area contributed by atoms with Crippen LogP contribution < -0.4 is 0 Å².